The van der Waals surface area contributed by atoms with Crippen molar-refractivity contribution in [2.45, 2.75) is 34.6 Å². The van der Waals surface area contributed by atoms with Crippen molar-refractivity contribution >= 4 is 53.4 Å². The molecular formula is C36H31BF2N4O2. The van der Waals surface area contributed by atoms with Gasteiger partial charge in [0.2, 0.25) is 0 Å². The number of aromatic nitrogens is 1. The number of benzene rings is 3. The summed E-state index contributed by atoms with van der Waals surface area (Å²) in [5.74, 6) is -1.42. The lowest BCUT2D eigenvalue weighted by Gasteiger charge is -2.25. The van der Waals surface area contributed by atoms with Crippen LogP contribution in [-0.2, 0) is 4.79 Å². The van der Waals surface area contributed by atoms with Crippen molar-refractivity contribution in [2.75, 3.05) is 4.90 Å². The van der Waals surface area contributed by atoms with Crippen molar-refractivity contribution < 1.29 is 18.5 Å². The Hall–Kier alpha value is -5.49. The highest BCUT2D eigenvalue weighted by Gasteiger charge is 2.31. The summed E-state index contributed by atoms with van der Waals surface area (Å²) >= 11 is 0. The summed E-state index contributed by atoms with van der Waals surface area (Å²) in [5, 5.41) is 18.6. The number of hydrogen-bond donors (Lipinski definition) is 1. The molecule has 224 valence electrons. The third-order valence-electron chi connectivity index (χ3n) is 8.11. The molecule has 0 saturated heterocycles. The molecule has 0 unspecified atom stereocenters. The van der Waals surface area contributed by atoms with Gasteiger partial charge in [-0.25, -0.2) is 4.79 Å². The van der Waals surface area contributed by atoms with Crippen molar-refractivity contribution in [3.8, 4) is 6.07 Å². The first-order valence-electron chi connectivity index (χ1n) is 14.4. The maximum Gasteiger partial charge on any atom is 0.677 e. The SMILES string of the molecule is CC1=N/C(=C(/C)c2c(C)c(/C=C(\C#N)C(=O)O)c(C)n2B(F)F)C(C)=C1c1ccc(N(c2ccccc2)c2ccccc2)cc1. The standard InChI is InChI=1S/C36H31BF2N4O2/c1-22-32(20-28(21-40)36(44)45)26(5)43(37(38)39)35(22)24(3)34-23(2)33(25(4)41-34)27-16-18-31(19-17-27)42(29-12-8-6-9-13-29)30-14-10-7-11-15-30/h6-20H,1-5H3,(H,44,45)/b28-20+,34-24-. The summed E-state index contributed by atoms with van der Waals surface area (Å²) in [6, 6.07) is 30.1. The van der Waals surface area contributed by atoms with Crippen molar-refractivity contribution in [3.05, 3.63) is 130 Å². The van der Waals surface area contributed by atoms with Crippen molar-refractivity contribution in [3.63, 3.8) is 0 Å². The molecule has 0 bridgehead atoms. The van der Waals surface area contributed by atoms with Crippen LogP contribution >= 0.6 is 0 Å². The minimum Gasteiger partial charge on any atom is -0.477 e. The molecule has 1 aliphatic rings. The van der Waals surface area contributed by atoms with Gasteiger partial charge in [0.1, 0.15) is 11.6 Å². The Kier molecular flexibility index (Phi) is 8.69. The fourth-order valence-electron chi connectivity index (χ4n) is 6.06. The van der Waals surface area contributed by atoms with E-state index in [4.69, 9.17) is 4.99 Å². The molecule has 6 nitrogen and oxygen atoms in total. The first kappa shape index (κ1) is 31.0. The van der Waals surface area contributed by atoms with Gasteiger partial charge in [0, 0.05) is 39.7 Å². The predicted octanol–water partition coefficient (Wildman–Crippen LogP) is 9.02. The van der Waals surface area contributed by atoms with Crippen molar-refractivity contribution in [2.24, 2.45) is 4.99 Å². The molecule has 0 spiro atoms. The normalized spacial score (nSPS) is 14.3. The number of rotatable bonds is 8. The second kappa shape index (κ2) is 12.6. The summed E-state index contributed by atoms with van der Waals surface area (Å²) in [7, 11) is -2.88. The van der Waals surface area contributed by atoms with E-state index in [1.54, 1.807) is 19.9 Å². The van der Waals surface area contributed by atoms with E-state index in [1.165, 1.54) is 6.92 Å². The zero-order chi connectivity index (χ0) is 32.4. The highest BCUT2D eigenvalue weighted by molar-refractivity contribution is 6.41. The van der Waals surface area contributed by atoms with Crippen LogP contribution in [0.5, 0.6) is 0 Å². The molecule has 45 heavy (non-hydrogen) atoms. The minimum atomic E-state index is -2.88. The van der Waals surface area contributed by atoms with Crippen LogP contribution < -0.4 is 4.90 Å². The largest absolute Gasteiger partial charge is 0.677 e. The second-order valence-electron chi connectivity index (χ2n) is 10.8. The Labute approximate surface area is 261 Å². The van der Waals surface area contributed by atoms with Crippen LogP contribution in [0.2, 0.25) is 0 Å². The number of aliphatic carboxylic acids is 1. The van der Waals surface area contributed by atoms with E-state index in [1.807, 2.05) is 62.4 Å². The molecule has 2 heterocycles. The highest BCUT2D eigenvalue weighted by Crippen LogP contribution is 2.41. The van der Waals surface area contributed by atoms with Crippen LogP contribution in [0.3, 0.4) is 0 Å². The van der Waals surface area contributed by atoms with Crippen LogP contribution in [0.15, 0.2) is 107 Å². The number of nitriles is 1. The Morgan fingerprint density at radius 3 is 1.93 bits per heavy atom. The number of carboxylic acid groups (broad SMARTS) is 1. The molecule has 4 aromatic rings. The lowest BCUT2D eigenvalue weighted by Crippen LogP contribution is -2.17. The molecule has 9 heteroatoms. The number of anilines is 3. The Bertz CT molecular complexity index is 1910. The van der Waals surface area contributed by atoms with Crippen molar-refractivity contribution in [1.29, 1.82) is 5.26 Å². The van der Waals surface area contributed by atoms with E-state index >= 15 is 0 Å². The van der Waals surface area contributed by atoms with E-state index in [-0.39, 0.29) is 17.0 Å². The van der Waals surface area contributed by atoms with Crippen LogP contribution in [0.1, 0.15) is 48.8 Å². The van der Waals surface area contributed by atoms with E-state index in [2.05, 4.69) is 41.3 Å². The number of allylic oxidation sites excluding steroid dienone is 3. The quantitative estimate of drug-likeness (QED) is 0.124. The lowest BCUT2D eigenvalue weighted by atomic mass is 9.95. The van der Waals surface area contributed by atoms with Gasteiger partial charge in [0.05, 0.1) is 5.70 Å². The third kappa shape index (κ3) is 5.75. The van der Waals surface area contributed by atoms with Gasteiger partial charge in [0.25, 0.3) is 0 Å². The molecule has 3 aromatic carbocycles. The summed E-state index contributed by atoms with van der Waals surface area (Å²) in [6.45, 7) is 8.73. The third-order valence-corrected chi connectivity index (χ3v) is 8.11. The monoisotopic (exact) mass is 600 g/mol. The lowest BCUT2D eigenvalue weighted by molar-refractivity contribution is -0.132. The van der Waals surface area contributed by atoms with Gasteiger partial charge in [-0.05, 0) is 105 Å². The Morgan fingerprint density at radius 2 is 1.44 bits per heavy atom. The van der Waals surface area contributed by atoms with Crippen LogP contribution in [-0.4, -0.2) is 28.7 Å². The van der Waals surface area contributed by atoms with Gasteiger partial charge >= 0.3 is 13.4 Å². The topological polar surface area (TPSA) is 81.6 Å². The first-order valence-corrected chi connectivity index (χ1v) is 14.4. The van der Waals surface area contributed by atoms with Gasteiger partial charge in [-0.1, -0.05) is 48.5 Å². The molecule has 1 N–H and O–H groups in total. The van der Waals surface area contributed by atoms with Gasteiger partial charge in [-0.3, -0.25) is 13.6 Å². The maximum absolute atomic E-state index is 14.5. The molecule has 0 fully saturated rings. The number of carboxylic acids is 1. The summed E-state index contributed by atoms with van der Waals surface area (Å²) in [5.41, 5.74) is 8.25. The number of hydrogen-bond acceptors (Lipinski definition) is 4. The summed E-state index contributed by atoms with van der Waals surface area (Å²) in [4.78, 5) is 18.5. The van der Waals surface area contributed by atoms with Gasteiger partial charge < -0.3 is 14.5 Å². The molecule has 1 aromatic heterocycles. The smallest absolute Gasteiger partial charge is 0.477 e. The summed E-state index contributed by atoms with van der Waals surface area (Å²) < 4.78 is 29.8. The predicted molar refractivity (Wildman–Crippen MR) is 178 cm³/mol. The van der Waals surface area contributed by atoms with E-state index in [0.29, 0.717) is 16.8 Å². The first-order chi connectivity index (χ1) is 21.5. The van der Waals surface area contributed by atoms with Crippen LogP contribution in [0.4, 0.5) is 25.7 Å². The second-order valence-corrected chi connectivity index (χ2v) is 10.8. The number of para-hydroxylation sites is 2. The van der Waals surface area contributed by atoms with E-state index in [9.17, 15) is 23.8 Å². The maximum atomic E-state index is 14.5. The van der Waals surface area contributed by atoms with E-state index < -0.39 is 18.9 Å². The molecule has 1 aliphatic heterocycles. The molecule has 0 saturated carbocycles. The zero-order valence-electron chi connectivity index (χ0n) is 25.6. The molecule has 0 aliphatic carbocycles. The molecule has 0 amide bonds. The molecule has 0 radical (unpaired) electrons. The Morgan fingerprint density at radius 1 is 0.911 bits per heavy atom. The van der Waals surface area contributed by atoms with Gasteiger partial charge in [-0.15, -0.1) is 0 Å². The zero-order valence-corrected chi connectivity index (χ0v) is 25.6. The number of aliphatic imine (C=N–C) groups is 1. The fraction of sp³-hybridized carbons (Fsp3) is 0.139. The molecule has 0 atom stereocenters. The van der Waals surface area contributed by atoms with Crippen LogP contribution in [0.25, 0.3) is 17.2 Å². The molecule has 5 rings (SSSR count). The Balaban J connectivity index is 1.60. The van der Waals surface area contributed by atoms with Gasteiger partial charge in [-0.2, -0.15) is 5.26 Å². The average Bonchev–Trinajstić information content (AvgIpc) is 3.47. The van der Waals surface area contributed by atoms with Crippen LogP contribution in [0, 0.1) is 25.2 Å². The number of nitrogens with zero attached hydrogens (tertiary/aromatic N) is 4. The van der Waals surface area contributed by atoms with E-state index in [0.717, 1.165) is 50.0 Å². The summed E-state index contributed by atoms with van der Waals surface area (Å²) in [6.07, 6.45) is 1.15. The average molecular weight is 600 g/mol. The molecular weight excluding hydrogens is 569 g/mol. The highest BCUT2D eigenvalue weighted by atomic mass is 19.2. The van der Waals surface area contributed by atoms with Gasteiger partial charge in [0.15, 0.2) is 0 Å². The minimum absolute atomic E-state index is 0.170. The number of carbonyl (C=O) groups is 1. The van der Waals surface area contributed by atoms with Crippen molar-refractivity contribution in [1.82, 2.24) is 4.48 Å². The number of halogens is 2. The fourth-order valence-corrected chi connectivity index (χ4v) is 6.06.